The number of benzene rings is 1. The van der Waals surface area contributed by atoms with Gasteiger partial charge in [0.25, 0.3) is 0 Å². The van der Waals surface area contributed by atoms with Crippen LogP contribution in [0.25, 0.3) is 0 Å². The van der Waals surface area contributed by atoms with Crippen LogP contribution in [0.5, 0.6) is 0 Å². The Hall–Kier alpha value is -1.50. The third kappa shape index (κ3) is 3.23. The van der Waals surface area contributed by atoms with Crippen LogP contribution in [-0.2, 0) is 11.2 Å². The first-order valence-corrected chi connectivity index (χ1v) is 6.26. The molecule has 0 atom stereocenters. The molecule has 0 radical (unpaired) electrons. The monoisotopic (exact) mass is 228 g/mol. The first-order valence-electron chi connectivity index (χ1n) is 6.26. The summed E-state index contributed by atoms with van der Waals surface area (Å²) in [5.41, 5.74) is 4.29. The van der Waals surface area contributed by atoms with Gasteiger partial charge in [0, 0.05) is 0 Å². The SMILES string of the molecule is COC1=C(CCc2ccccc2)CCC(C)=C1. The molecule has 1 aliphatic carbocycles. The smallest absolute Gasteiger partial charge is 0.118 e. The van der Waals surface area contributed by atoms with Crippen molar-refractivity contribution in [3.8, 4) is 0 Å². The lowest BCUT2D eigenvalue weighted by Gasteiger charge is -2.17. The largest absolute Gasteiger partial charge is 0.497 e. The Labute approximate surface area is 104 Å². The third-order valence-electron chi connectivity index (χ3n) is 3.33. The summed E-state index contributed by atoms with van der Waals surface area (Å²) in [6.07, 6.45) is 6.73. The predicted octanol–water partition coefficient (Wildman–Crippen LogP) is 4.26. The second-order valence-electron chi connectivity index (χ2n) is 4.65. The van der Waals surface area contributed by atoms with E-state index < -0.39 is 0 Å². The molecular weight excluding hydrogens is 208 g/mol. The van der Waals surface area contributed by atoms with E-state index in [0.717, 1.165) is 25.0 Å². The number of allylic oxidation sites excluding steroid dienone is 3. The Morgan fingerprint density at radius 2 is 1.82 bits per heavy atom. The van der Waals surface area contributed by atoms with E-state index in [1.165, 1.54) is 23.1 Å². The molecular formula is C16H20O. The highest BCUT2D eigenvalue weighted by Gasteiger charge is 2.11. The molecule has 1 aliphatic rings. The summed E-state index contributed by atoms with van der Waals surface area (Å²) >= 11 is 0. The van der Waals surface area contributed by atoms with Gasteiger partial charge in [-0.05, 0) is 49.8 Å². The number of ether oxygens (including phenoxy) is 1. The molecule has 0 saturated heterocycles. The fraction of sp³-hybridized carbons (Fsp3) is 0.375. The first-order chi connectivity index (χ1) is 8.29. The Kier molecular flexibility index (Phi) is 4.03. The van der Waals surface area contributed by atoms with Gasteiger partial charge in [-0.15, -0.1) is 0 Å². The molecule has 90 valence electrons. The molecule has 1 aromatic rings. The average Bonchev–Trinajstić information content (AvgIpc) is 2.38. The fourth-order valence-corrected chi connectivity index (χ4v) is 2.26. The van der Waals surface area contributed by atoms with E-state index in [1.54, 1.807) is 7.11 Å². The Bertz CT molecular complexity index is 426. The van der Waals surface area contributed by atoms with E-state index >= 15 is 0 Å². The molecule has 0 amide bonds. The van der Waals surface area contributed by atoms with Crippen molar-refractivity contribution in [2.24, 2.45) is 0 Å². The molecule has 1 heteroatoms. The van der Waals surface area contributed by atoms with Gasteiger partial charge in [-0.3, -0.25) is 0 Å². The van der Waals surface area contributed by atoms with Crippen LogP contribution in [0.4, 0.5) is 0 Å². The normalized spacial score (nSPS) is 15.8. The van der Waals surface area contributed by atoms with E-state index in [2.05, 4.69) is 43.3 Å². The van der Waals surface area contributed by atoms with Crippen molar-refractivity contribution >= 4 is 0 Å². The molecule has 1 aromatic carbocycles. The van der Waals surface area contributed by atoms with Crippen molar-refractivity contribution in [2.45, 2.75) is 32.6 Å². The van der Waals surface area contributed by atoms with Crippen molar-refractivity contribution in [1.82, 2.24) is 0 Å². The quantitative estimate of drug-likeness (QED) is 0.748. The molecule has 2 rings (SSSR count). The molecule has 0 saturated carbocycles. The lowest BCUT2D eigenvalue weighted by molar-refractivity contribution is 0.296. The van der Waals surface area contributed by atoms with Gasteiger partial charge in [0.15, 0.2) is 0 Å². The summed E-state index contributed by atoms with van der Waals surface area (Å²) in [6.45, 7) is 2.17. The van der Waals surface area contributed by atoms with Gasteiger partial charge >= 0.3 is 0 Å². The van der Waals surface area contributed by atoms with E-state index in [0.29, 0.717) is 0 Å². The topological polar surface area (TPSA) is 9.23 Å². The average molecular weight is 228 g/mol. The molecule has 0 aliphatic heterocycles. The van der Waals surface area contributed by atoms with Gasteiger partial charge in [0.05, 0.1) is 7.11 Å². The minimum absolute atomic E-state index is 1.09. The maximum Gasteiger partial charge on any atom is 0.118 e. The van der Waals surface area contributed by atoms with Crippen LogP contribution >= 0.6 is 0 Å². The standard InChI is InChI=1S/C16H20O/c1-13-8-10-15(16(12-13)17-2)11-9-14-6-4-3-5-7-14/h3-7,12H,8-11H2,1-2H3. The maximum absolute atomic E-state index is 5.47. The first kappa shape index (κ1) is 12.0. The van der Waals surface area contributed by atoms with Crippen LogP contribution in [0.3, 0.4) is 0 Å². The van der Waals surface area contributed by atoms with Gasteiger partial charge in [-0.2, -0.15) is 0 Å². The minimum Gasteiger partial charge on any atom is -0.497 e. The molecule has 1 nitrogen and oxygen atoms in total. The molecule has 0 heterocycles. The Morgan fingerprint density at radius 1 is 1.06 bits per heavy atom. The van der Waals surface area contributed by atoms with E-state index in [9.17, 15) is 0 Å². The summed E-state index contributed by atoms with van der Waals surface area (Å²) in [5.74, 6) is 1.09. The molecule has 0 N–H and O–H groups in total. The number of hydrogen-bond acceptors (Lipinski definition) is 1. The van der Waals surface area contributed by atoms with Gasteiger partial charge < -0.3 is 4.74 Å². The van der Waals surface area contributed by atoms with Crippen LogP contribution in [0.1, 0.15) is 31.7 Å². The Balaban J connectivity index is 2.03. The summed E-state index contributed by atoms with van der Waals surface area (Å²) in [4.78, 5) is 0. The van der Waals surface area contributed by atoms with Crippen molar-refractivity contribution in [2.75, 3.05) is 7.11 Å². The predicted molar refractivity (Wildman–Crippen MR) is 71.8 cm³/mol. The van der Waals surface area contributed by atoms with Gasteiger partial charge in [0.1, 0.15) is 5.76 Å². The van der Waals surface area contributed by atoms with Gasteiger partial charge in [-0.25, -0.2) is 0 Å². The van der Waals surface area contributed by atoms with Gasteiger partial charge in [0.2, 0.25) is 0 Å². The minimum atomic E-state index is 1.09. The highest BCUT2D eigenvalue weighted by atomic mass is 16.5. The van der Waals surface area contributed by atoms with Crippen molar-refractivity contribution in [1.29, 1.82) is 0 Å². The van der Waals surface area contributed by atoms with Crippen LogP contribution < -0.4 is 0 Å². The highest BCUT2D eigenvalue weighted by Crippen LogP contribution is 2.27. The van der Waals surface area contributed by atoms with Crippen LogP contribution in [-0.4, -0.2) is 7.11 Å². The van der Waals surface area contributed by atoms with Crippen molar-refractivity contribution < 1.29 is 4.74 Å². The fourth-order valence-electron chi connectivity index (χ4n) is 2.26. The zero-order valence-corrected chi connectivity index (χ0v) is 10.7. The number of hydrogen-bond donors (Lipinski definition) is 0. The lowest BCUT2D eigenvalue weighted by atomic mass is 9.93. The zero-order valence-electron chi connectivity index (χ0n) is 10.7. The van der Waals surface area contributed by atoms with Crippen molar-refractivity contribution in [3.63, 3.8) is 0 Å². The lowest BCUT2D eigenvalue weighted by Crippen LogP contribution is -2.01. The molecule has 0 bridgehead atoms. The second kappa shape index (κ2) is 5.72. The maximum atomic E-state index is 5.47. The summed E-state index contributed by atoms with van der Waals surface area (Å²) < 4.78 is 5.47. The second-order valence-corrected chi connectivity index (χ2v) is 4.65. The highest BCUT2D eigenvalue weighted by molar-refractivity contribution is 5.29. The Morgan fingerprint density at radius 3 is 2.53 bits per heavy atom. The van der Waals surface area contributed by atoms with Gasteiger partial charge in [-0.1, -0.05) is 35.9 Å². The molecule has 17 heavy (non-hydrogen) atoms. The summed E-state index contributed by atoms with van der Waals surface area (Å²) in [6, 6.07) is 10.7. The summed E-state index contributed by atoms with van der Waals surface area (Å²) in [7, 11) is 1.77. The third-order valence-corrected chi connectivity index (χ3v) is 3.33. The van der Waals surface area contributed by atoms with Crippen molar-refractivity contribution in [3.05, 3.63) is 58.9 Å². The van der Waals surface area contributed by atoms with Crippen LogP contribution in [0.15, 0.2) is 53.3 Å². The van der Waals surface area contributed by atoms with E-state index in [-0.39, 0.29) is 0 Å². The van der Waals surface area contributed by atoms with E-state index in [1.807, 2.05) is 0 Å². The van der Waals surface area contributed by atoms with Crippen LogP contribution in [0, 0.1) is 0 Å². The number of methoxy groups -OCH3 is 1. The molecule has 0 spiro atoms. The molecule has 0 fully saturated rings. The molecule has 0 aromatic heterocycles. The summed E-state index contributed by atoms with van der Waals surface area (Å²) in [5, 5.41) is 0. The number of rotatable bonds is 4. The number of aryl methyl sites for hydroxylation is 1. The van der Waals surface area contributed by atoms with E-state index in [4.69, 9.17) is 4.74 Å². The van der Waals surface area contributed by atoms with Crippen LogP contribution in [0.2, 0.25) is 0 Å². The zero-order chi connectivity index (χ0) is 12.1. The molecule has 0 unspecified atom stereocenters.